The average Bonchev–Trinajstić information content (AvgIpc) is 2.35. The predicted molar refractivity (Wildman–Crippen MR) is 71.0 cm³/mol. The van der Waals surface area contributed by atoms with Crippen LogP contribution in [0.5, 0.6) is 5.75 Å². The van der Waals surface area contributed by atoms with Crippen LogP contribution < -0.4 is 10.1 Å². The van der Waals surface area contributed by atoms with E-state index in [0.717, 1.165) is 18.2 Å². The molecule has 6 nitrogen and oxygen atoms in total. The molecule has 1 aromatic carbocycles. The van der Waals surface area contributed by atoms with Gasteiger partial charge in [0.25, 0.3) is 5.91 Å². The Morgan fingerprint density at radius 3 is 2.65 bits per heavy atom. The summed E-state index contributed by atoms with van der Waals surface area (Å²) in [5, 5.41) is 13.4. The van der Waals surface area contributed by atoms with Crippen molar-refractivity contribution in [1.29, 1.82) is 0 Å². The Labute approximate surface area is 116 Å². The number of hydrogen-bond acceptors (Lipinski definition) is 4. The summed E-state index contributed by atoms with van der Waals surface area (Å²) in [4.78, 5) is 21.8. The lowest BCUT2D eigenvalue weighted by molar-refractivity contribution is -0.386. The second-order valence-corrected chi connectivity index (χ2v) is 4.77. The normalized spacial score (nSPS) is 12.1. The van der Waals surface area contributed by atoms with Gasteiger partial charge in [-0.2, -0.15) is 0 Å². The van der Waals surface area contributed by atoms with Gasteiger partial charge in [-0.15, -0.1) is 0 Å². The lowest BCUT2D eigenvalue weighted by Crippen LogP contribution is -2.38. The average molecular weight is 284 g/mol. The number of nitrogens with zero attached hydrogens (tertiary/aromatic N) is 1. The van der Waals surface area contributed by atoms with E-state index in [4.69, 9.17) is 4.74 Å². The molecule has 1 N–H and O–H groups in total. The summed E-state index contributed by atoms with van der Waals surface area (Å²) in [6.07, 6.45) is -0.950. The minimum atomic E-state index is -0.950. The van der Waals surface area contributed by atoms with Crippen LogP contribution in [-0.4, -0.2) is 23.5 Å². The summed E-state index contributed by atoms with van der Waals surface area (Å²) in [6, 6.07) is 2.86. The van der Waals surface area contributed by atoms with Crippen molar-refractivity contribution in [3.05, 3.63) is 34.1 Å². The Morgan fingerprint density at radius 2 is 2.10 bits per heavy atom. The first-order valence-corrected chi connectivity index (χ1v) is 6.19. The molecule has 0 aromatic heterocycles. The molecule has 1 amide bonds. The lowest BCUT2D eigenvalue weighted by atomic mass is 10.2. The number of carbonyl (C=O) groups is 1. The highest BCUT2D eigenvalue weighted by atomic mass is 19.1. The first-order valence-electron chi connectivity index (χ1n) is 6.19. The first kappa shape index (κ1) is 15.9. The van der Waals surface area contributed by atoms with Crippen LogP contribution in [-0.2, 0) is 4.79 Å². The minimum absolute atomic E-state index is 0.262. The zero-order chi connectivity index (χ0) is 15.3. The van der Waals surface area contributed by atoms with E-state index in [2.05, 4.69) is 5.32 Å². The second kappa shape index (κ2) is 6.83. The molecule has 0 fully saturated rings. The van der Waals surface area contributed by atoms with E-state index < -0.39 is 22.8 Å². The molecule has 0 radical (unpaired) electrons. The van der Waals surface area contributed by atoms with Crippen molar-refractivity contribution < 1.29 is 18.8 Å². The van der Waals surface area contributed by atoms with Crippen LogP contribution in [0, 0.1) is 21.8 Å². The van der Waals surface area contributed by atoms with E-state index in [1.165, 1.54) is 6.92 Å². The zero-order valence-corrected chi connectivity index (χ0v) is 11.6. The fraction of sp³-hybridized carbons (Fsp3) is 0.462. The molecule has 0 heterocycles. The molecule has 0 saturated carbocycles. The third-order valence-corrected chi connectivity index (χ3v) is 2.48. The van der Waals surface area contributed by atoms with Gasteiger partial charge in [0, 0.05) is 18.7 Å². The SMILES string of the molecule is CC(C)CNC(=O)C(C)Oc1cc(F)ccc1[N+](=O)[O-]. The fourth-order valence-electron chi connectivity index (χ4n) is 1.43. The highest BCUT2D eigenvalue weighted by Gasteiger charge is 2.21. The Kier molecular flexibility index (Phi) is 5.42. The van der Waals surface area contributed by atoms with E-state index in [1.807, 2.05) is 13.8 Å². The monoisotopic (exact) mass is 284 g/mol. The predicted octanol–water partition coefficient (Wildman–Crippen LogP) is 2.27. The number of hydrogen-bond donors (Lipinski definition) is 1. The van der Waals surface area contributed by atoms with Crippen molar-refractivity contribution in [1.82, 2.24) is 5.32 Å². The number of nitrogens with one attached hydrogen (secondary N) is 1. The molecule has 1 rings (SSSR count). The summed E-state index contributed by atoms with van der Waals surface area (Å²) >= 11 is 0. The first-order chi connectivity index (χ1) is 9.31. The Morgan fingerprint density at radius 1 is 1.45 bits per heavy atom. The summed E-state index contributed by atoms with van der Waals surface area (Å²) in [6.45, 7) is 5.79. The topological polar surface area (TPSA) is 81.5 Å². The summed E-state index contributed by atoms with van der Waals surface area (Å²) in [5.41, 5.74) is -0.380. The molecule has 0 aliphatic heterocycles. The van der Waals surface area contributed by atoms with E-state index in [9.17, 15) is 19.3 Å². The van der Waals surface area contributed by atoms with Gasteiger partial charge in [0.15, 0.2) is 6.10 Å². The third-order valence-electron chi connectivity index (χ3n) is 2.48. The van der Waals surface area contributed by atoms with Crippen LogP contribution >= 0.6 is 0 Å². The number of carbonyl (C=O) groups excluding carboxylic acids is 1. The number of ether oxygens (including phenoxy) is 1. The van der Waals surface area contributed by atoms with Crippen LogP contribution in [0.3, 0.4) is 0 Å². The minimum Gasteiger partial charge on any atom is -0.474 e. The van der Waals surface area contributed by atoms with Gasteiger partial charge in [0.1, 0.15) is 5.82 Å². The molecule has 20 heavy (non-hydrogen) atoms. The molecule has 0 aliphatic rings. The Bertz CT molecular complexity index is 505. The van der Waals surface area contributed by atoms with Gasteiger partial charge >= 0.3 is 5.69 Å². The third kappa shape index (κ3) is 4.49. The van der Waals surface area contributed by atoms with Gasteiger partial charge in [0.2, 0.25) is 5.75 Å². The van der Waals surface area contributed by atoms with Gasteiger partial charge in [-0.05, 0) is 18.9 Å². The highest BCUT2D eigenvalue weighted by Crippen LogP contribution is 2.28. The smallest absolute Gasteiger partial charge is 0.311 e. The van der Waals surface area contributed by atoms with E-state index in [0.29, 0.717) is 6.54 Å². The number of halogens is 1. The molecule has 1 aromatic rings. The molecule has 1 unspecified atom stereocenters. The van der Waals surface area contributed by atoms with Gasteiger partial charge in [-0.3, -0.25) is 14.9 Å². The number of nitro benzene ring substituents is 1. The highest BCUT2D eigenvalue weighted by molar-refractivity contribution is 5.80. The molecule has 110 valence electrons. The maximum Gasteiger partial charge on any atom is 0.311 e. The van der Waals surface area contributed by atoms with Crippen molar-refractivity contribution in [2.45, 2.75) is 26.9 Å². The van der Waals surface area contributed by atoms with Crippen molar-refractivity contribution >= 4 is 11.6 Å². The molecular formula is C13H17FN2O4. The molecule has 1 atom stereocenters. The number of benzene rings is 1. The molecular weight excluding hydrogens is 267 g/mol. The lowest BCUT2D eigenvalue weighted by Gasteiger charge is -2.15. The van der Waals surface area contributed by atoms with Gasteiger partial charge in [0.05, 0.1) is 4.92 Å². The van der Waals surface area contributed by atoms with Crippen LogP contribution in [0.1, 0.15) is 20.8 Å². The Hall–Kier alpha value is -2.18. The summed E-state index contributed by atoms with van der Waals surface area (Å²) in [5.74, 6) is -1.06. The van der Waals surface area contributed by atoms with Crippen LogP contribution in [0.4, 0.5) is 10.1 Å². The van der Waals surface area contributed by atoms with Crippen LogP contribution in [0.2, 0.25) is 0 Å². The van der Waals surface area contributed by atoms with E-state index in [-0.39, 0.29) is 17.4 Å². The maximum absolute atomic E-state index is 13.1. The van der Waals surface area contributed by atoms with Crippen molar-refractivity contribution in [3.63, 3.8) is 0 Å². The Balaban J connectivity index is 2.79. The number of rotatable bonds is 6. The molecule has 0 saturated heterocycles. The summed E-state index contributed by atoms with van der Waals surface area (Å²) in [7, 11) is 0. The maximum atomic E-state index is 13.1. The molecule has 0 spiro atoms. The second-order valence-electron chi connectivity index (χ2n) is 4.77. The summed E-state index contributed by atoms with van der Waals surface area (Å²) < 4.78 is 18.3. The van der Waals surface area contributed by atoms with Crippen molar-refractivity contribution in [2.24, 2.45) is 5.92 Å². The van der Waals surface area contributed by atoms with E-state index in [1.54, 1.807) is 0 Å². The number of nitro groups is 1. The van der Waals surface area contributed by atoms with Crippen LogP contribution in [0.25, 0.3) is 0 Å². The van der Waals surface area contributed by atoms with Crippen molar-refractivity contribution in [2.75, 3.05) is 6.54 Å². The molecule has 0 bridgehead atoms. The quantitative estimate of drug-likeness (QED) is 0.641. The number of amides is 1. The van der Waals surface area contributed by atoms with Gasteiger partial charge < -0.3 is 10.1 Å². The molecule has 7 heteroatoms. The van der Waals surface area contributed by atoms with Gasteiger partial charge in [-0.25, -0.2) is 4.39 Å². The van der Waals surface area contributed by atoms with Gasteiger partial charge in [-0.1, -0.05) is 13.8 Å². The zero-order valence-electron chi connectivity index (χ0n) is 11.6. The fourth-order valence-corrected chi connectivity index (χ4v) is 1.43. The van der Waals surface area contributed by atoms with Crippen molar-refractivity contribution in [3.8, 4) is 5.75 Å². The van der Waals surface area contributed by atoms with E-state index >= 15 is 0 Å². The largest absolute Gasteiger partial charge is 0.474 e. The standard InChI is InChI=1S/C13H17FN2O4/c1-8(2)7-15-13(17)9(3)20-12-6-10(14)4-5-11(12)16(18)19/h4-6,8-9H,7H2,1-3H3,(H,15,17). The molecule has 0 aliphatic carbocycles. The van der Waals surface area contributed by atoms with Crippen LogP contribution in [0.15, 0.2) is 18.2 Å².